The number of aromatic nitrogens is 5. The van der Waals surface area contributed by atoms with Gasteiger partial charge in [-0.3, -0.25) is 0 Å². The number of hydrogen-bond donors (Lipinski definition) is 1. The van der Waals surface area contributed by atoms with Gasteiger partial charge in [0.2, 0.25) is 0 Å². The minimum absolute atomic E-state index is 0.368. The van der Waals surface area contributed by atoms with Crippen LogP contribution in [0.2, 0.25) is 0 Å². The second-order valence-electron chi connectivity index (χ2n) is 2.87. The lowest BCUT2D eigenvalue weighted by Gasteiger charge is -2.00. The summed E-state index contributed by atoms with van der Waals surface area (Å²) in [4.78, 5) is 3.93. The molecule has 0 amide bonds. The molecule has 0 radical (unpaired) electrons. The molecule has 6 heteroatoms. The van der Waals surface area contributed by atoms with Crippen molar-refractivity contribution in [3.05, 3.63) is 24.5 Å². The third-order valence-corrected chi connectivity index (χ3v) is 2.03. The first-order chi connectivity index (χ1) is 6.86. The standard InChI is InChI=1S/C8H6N6/c9-8-7-5(1-3-10-8)14-6(12-13-7)2-4-11-14/h1-4H,(H2,9,10). The summed E-state index contributed by atoms with van der Waals surface area (Å²) in [5, 5.41) is 12.1. The molecular formula is C8H6N6. The van der Waals surface area contributed by atoms with Gasteiger partial charge in [-0.2, -0.15) is 5.10 Å². The van der Waals surface area contributed by atoms with E-state index in [9.17, 15) is 0 Å². The average molecular weight is 186 g/mol. The molecule has 0 bridgehead atoms. The number of nitrogen functional groups attached to an aromatic ring is 1. The van der Waals surface area contributed by atoms with Crippen LogP contribution in [-0.4, -0.2) is 24.8 Å². The van der Waals surface area contributed by atoms with Gasteiger partial charge < -0.3 is 5.73 Å². The summed E-state index contributed by atoms with van der Waals surface area (Å²) >= 11 is 0. The van der Waals surface area contributed by atoms with Gasteiger partial charge in [0.05, 0.1) is 11.7 Å². The number of pyridine rings is 1. The van der Waals surface area contributed by atoms with Gasteiger partial charge in [0.15, 0.2) is 17.0 Å². The molecule has 0 saturated heterocycles. The Kier molecular flexibility index (Phi) is 1.22. The number of hydrogen-bond acceptors (Lipinski definition) is 5. The highest BCUT2D eigenvalue weighted by Gasteiger charge is 2.05. The number of fused-ring (bicyclic) bond motifs is 3. The number of anilines is 1. The van der Waals surface area contributed by atoms with E-state index in [-0.39, 0.29) is 0 Å². The highest BCUT2D eigenvalue weighted by molar-refractivity contribution is 5.84. The molecule has 3 aromatic rings. The van der Waals surface area contributed by atoms with Gasteiger partial charge in [0.25, 0.3) is 0 Å². The maximum Gasteiger partial charge on any atom is 0.177 e. The zero-order valence-electron chi connectivity index (χ0n) is 7.12. The van der Waals surface area contributed by atoms with Gasteiger partial charge in [-0.15, -0.1) is 10.2 Å². The van der Waals surface area contributed by atoms with Crippen LogP contribution in [0.4, 0.5) is 5.82 Å². The molecule has 6 nitrogen and oxygen atoms in total. The van der Waals surface area contributed by atoms with Crippen molar-refractivity contribution in [1.29, 1.82) is 0 Å². The predicted molar refractivity (Wildman–Crippen MR) is 50.5 cm³/mol. The quantitative estimate of drug-likeness (QED) is 0.544. The van der Waals surface area contributed by atoms with Crippen LogP contribution in [0.5, 0.6) is 0 Å². The van der Waals surface area contributed by atoms with Crippen LogP contribution in [0.15, 0.2) is 24.5 Å². The van der Waals surface area contributed by atoms with Crippen molar-refractivity contribution in [1.82, 2.24) is 24.8 Å². The Morgan fingerprint density at radius 2 is 2.07 bits per heavy atom. The second kappa shape index (κ2) is 2.38. The zero-order valence-corrected chi connectivity index (χ0v) is 7.12. The maximum absolute atomic E-state index is 5.66. The normalized spacial score (nSPS) is 11.1. The van der Waals surface area contributed by atoms with Crippen molar-refractivity contribution in [2.24, 2.45) is 0 Å². The van der Waals surface area contributed by atoms with E-state index in [0.717, 1.165) is 5.52 Å². The Morgan fingerprint density at radius 3 is 3.00 bits per heavy atom. The molecule has 68 valence electrons. The average Bonchev–Trinajstić information content (AvgIpc) is 2.66. The second-order valence-corrected chi connectivity index (χ2v) is 2.87. The van der Waals surface area contributed by atoms with E-state index >= 15 is 0 Å². The van der Waals surface area contributed by atoms with E-state index in [1.54, 1.807) is 29.0 Å². The van der Waals surface area contributed by atoms with E-state index in [4.69, 9.17) is 5.73 Å². The molecule has 2 N–H and O–H groups in total. The molecule has 0 unspecified atom stereocenters. The molecule has 0 saturated carbocycles. The SMILES string of the molecule is Nc1nccc2c1nnc1ccnn12. The van der Waals surface area contributed by atoms with Gasteiger partial charge >= 0.3 is 0 Å². The van der Waals surface area contributed by atoms with Crippen LogP contribution in [0.1, 0.15) is 0 Å². The first kappa shape index (κ1) is 7.19. The smallest absolute Gasteiger partial charge is 0.177 e. The van der Waals surface area contributed by atoms with E-state index in [2.05, 4.69) is 20.3 Å². The maximum atomic E-state index is 5.66. The van der Waals surface area contributed by atoms with E-state index in [1.165, 1.54) is 0 Å². The Balaban J connectivity index is 2.64. The summed E-state index contributed by atoms with van der Waals surface area (Å²) in [6, 6.07) is 3.59. The van der Waals surface area contributed by atoms with Crippen molar-refractivity contribution >= 4 is 22.5 Å². The van der Waals surface area contributed by atoms with Crippen molar-refractivity contribution in [2.75, 3.05) is 5.73 Å². The molecule has 0 aliphatic carbocycles. The summed E-state index contributed by atoms with van der Waals surface area (Å²) in [5.74, 6) is 0.368. The van der Waals surface area contributed by atoms with Crippen LogP contribution in [-0.2, 0) is 0 Å². The lowest BCUT2D eigenvalue weighted by atomic mass is 10.4. The highest BCUT2D eigenvalue weighted by Crippen LogP contribution is 2.14. The van der Waals surface area contributed by atoms with Crippen molar-refractivity contribution in [2.45, 2.75) is 0 Å². The Bertz CT molecular complexity index is 613. The molecule has 0 fully saturated rings. The van der Waals surface area contributed by atoms with Gasteiger partial charge in [-0.1, -0.05) is 0 Å². The summed E-state index contributed by atoms with van der Waals surface area (Å²) in [6.45, 7) is 0. The summed E-state index contributed by atoms with van der Waals surface area (Å²) in [5.41, 5.74) is 7.74. The Hall–Kier alpha value is -2.24. The van der Waals surface area contributed by atoms with Gasteiger partial charge in [0, 0.05) is 12.3 Å². The summed E-state index contributed by atoms with van der Waals surface area (Å²) in [7, 11) is 0. The Morgan fingerprint density at radius 1 is 1.14 bits per heavy atom. The summed E-state index contributed by atoms with van der Waals surface area (Å²) < 4.78 is 1.68. The topological polar surface area (TPSA) is 82.0 Å². The molecule has 14 heavy (non-hydrogen) atoms. The van der Waals surface area contributed by atoms with Crippen LogP contribution in [0, 0.1) is 0 Å². The number of nitrogens with zero attached hydrogens (tertiary/aromatic N) is 5. The third-order valence-electron chi connectivity index (χ3n) is 2.03. The Labute approximate surface area is 78.4 Å². The fourth-order valence-electron chi connectivity index (χ4n) is 1.39. The lowest BCUT2D eigenvalue weighted by molar-refractivity contribution is 0.940. The predicted octanol–water partition coefficient (Wildman–Crippen LogP) is 0.255. The van der Waals surface area contributed by atoms with Gasteiger partial charge in [0.1, 0.15) is 0 Å². The highest BCUT2D eigenvalue weighted by atomic mass is 15.3. The van der Waals surface area contributed by atoms with E-state index in [0.29, 0.717) is 17.0 Å². The minimum Gasteiger partial charge on any atom is -0.382 e. The summed E-state index contributed by atoms with van der Waals surface area (Å²) in [6.07, 6.45) is 3.29. The first-order valence-electron chi connectivity index (χ1n) is 4.07. The third kappa shape index (κ3) is 0.792. The largest absolute Gasteiger partial charge is 0.382 e. The van der Waals surface area contributed by atoms with Crippen LogP contribution in [0.3, 0.4) is 0 Å². The zero-order chi connectivity index (χ0) is 9.54. The molecule has 0 atom stereocenters. The monoisotopic (exact) mass is 186 g/mol. The van der Waals surface area contributed by atoms with Crippen molar-refractivity contribution < 1.29 is 0 Å². The molecule has 3 aromatic heterocycles. The van der Waals surface area contributed by atoms with Gasteiger partial charge in [-0.25, -0.2) is 9.50 Å². The fourth-order valence-corrected chi connectivity index (χ4v) is 1.39. The molecule has 0 aliphatic rings. The van der Waals surface area contributed by atoms with Crippen LogP contribution >= 0.6 is 0 Å². The molecule has 0 spiro atoms. The first-order valence-corrected chi connectivity index (χ1v) is 4.07. The number of nitrogens with two attached hydrogens (primary N) is 1. The molecular weight excluding hydrogens is 180 g/mol. The molecule has 0 aliphatic heterocycles. The number of rotatable bonds is 0. The minimum atomic E-state index is 0.368. The van der Waals surface area contributed by atoms with Crippen LogP contribution < -0.4 is 5.73 Å². The van der Waals surface area contributed by atoms with E-state index < -0.39 is 0 Å². The molecule has 3 rings (SSSR count). The fraction of sp³-hybridized carbons (Fsp3) is 0. The van der Waals surface area contributed by atoms with Crippen molar-refractivity contribution in [3.8, 4) is 0 Å². The van der Waals surface area contributed by atoms with Crippen LogP contribution in [0.25, 0.3) is 16.7 Å². The molecule has 3 heterocycles. The van der Waals surface area contributed by atoms with Gasteiger partial charge in [-0.05, 0) is 6.07 Å². The molecule has 0 aromatic carbocycles. The van der Waals surface area contributed by atoms with E-state index in [1.807, 2.05) is 0 Å². The van der Waals surface area contributed by atoms with Crippen molar-refractivity contribution in [3.63, 3.8) is 0 Å². The lowest BCUT2D eigenvalue weighted by Crippen LogP contribution is -2.00.